The summed E-state index contributed by atoms with van der Waals surface area (Å²) in [7, 11) is 0. The third-order valence-electron chi connectivity index (χ3n) is 5.18. The van der Waals surface area contributed by atoms with E-state index in [1.807, 2.05) is 4.90 Å². The van der Waals surface area contributed by atoms with Crippen LogP contribution >= 0.6 is 0 Å². The van der Waals surface area contributed by atoms with Crippen molar-refractivity contribution in [3.63, 3.8) is 0 Å². The predicted molar refractivity (Wildman–Crippen MR) is 93.1 cm³/mol. The average molecular weight is 362 g/mol. The van der Waals surface area contributed by atoms with Gasteiger partial charge in [-0.05, 0) is 18.3 Å². The Balaban J connectivity index is 1.80. The van der Waals surface area contributed by atoms with Gasteiger partial charge in [-0.2, -0.15) is 0 Å². The second-order valence-electron chi connectivity index (χ2n) is 8.01. The van der Waals surface area contributed by atoms with E-state index in [1.54, 1.807) is 25.1 Å². The first-order valence-corrected chi connectivity index (χ1v) is 9.08. The van der Waals surface area contributed by atoms with Crippen LogP contribution in [-0.2, 0) is 27.3 Å². The summed E-state index contributed by atoms with van der Waals surface area (Å²) in [6.45, 7) is 5.30. The highest BCUT2D eigenvalue weighted by atomic mass is 16.4. The SMILES string of the molecule is CC(C)(CC(=O)O)CC(=O)N1Cc2[nH]cnc2C[C@H]1C(=O)N1CCCC1. The lowest BCUT2D eigenvalue weighted by atomic mass is 9.84. The Bertz CT molecular complexity index is 706. The van der Waals surface area contributed by atoms with Crippen LogP contribution in [0.25, 0.3) is 0 Å². The molecule has 1 atom stereocenters. The Morgan fingerprint density at radius 1 is 1.27 bits per heavy atom. The van der Waals surface area contributed by atoms with Gasteiger partial charge in [0.2, 0.25) is 11.8 Å². The average Bonchev–Trinajstić information content (AvgIpc) is 3.22. The fraction of sp³-hybridized carbons (Fsp3) is 0.667. The van der Waals surface area contributed by atoms with Crippen LogP contribution in [0.1, 0.15) is 50.9 Å². The summed E-state index contributed by atoms with van der Waals surface area (Å²) < 4.78 is 0. The topological polar surface area (TPSA) is 107 Å². The van der Waals surface area contributed by atoms with E-state index < -0.39 is 17.4 Å². The molecule has 2 aliphatic heterocycles. The Kier molecular flexibility index (Phi) is 5.02. The van der Waals surface area contributed by atoms with Crippen LogP contribution in [0.4, 0.5) is 0 Å². The number of carbonyl (C=O) groups is 3. The van der Waals surface area contributed by atoms with Crippen LogP contribution in [0.2, 0.25) is 0 Å². The highest BCUT2D eigenvalue weighted by Crippen LogP contribution is 2.30. The molecule has 8 nitrogen and oxygen atoms in total. The molecule has 0 bridgehead atoms. The number of hydrogen-bond acceptors (Lipinski definition) is 4. The van der Waals surface area contributed by atoms with Gasteiger partial charge in [-0.15, -0.1) is 0 Å². The number of H-pyrrole nitrogens is 1. The third kappa shape index (κ3) is 3.89. The molecule has 1 aromatic heterocycles. The van der Waals surface area contributed by atoms with Gasteiger partial charge in [0.05, 0.1) is 30.7 Å². The molecule has 0 saturated carbocycles. The second kappa shape index (κ2) is 7.09. The van der Waals surface area contributed by atoms with Crippen molar-refractivity contribution in [1.82, 2.24) is 19.8 Å². The molecule has 8 heteroatoms. The molecular weight excluding hydrogens is 336 g/mol. The van der Waals surface area contributed by atoms with Crippen molar-refractivity contribution >= 4 is 17.8 Å². The molecule has 1 saturated heterocycles. The minimum absolute atomic E-state index is 0.0273. The van der Waals surface area contributed by atoms with E-state index in [0.29, 0.717) is 13.0 Å². The zero-order valence-electron chi connectivity index (χ0n) is 15.3. The van der Waals surface area contributed by atoms with Gasteiger partial charge in [0.15, 0.2) is 0 Å². The number of carboxylic acid groups (broad SMARTS) is 1. The summed E-state index contributed by atoms with van der Waals surface area (Å²) in [5, 5.41) is 9.06. The number of carbonyl (C=O) groups excluding carboxylic acids is 2. The number of carboxylic acids is 1. The molecule has 2 N–H and O–H groups in total. The van der Waals surface area contributed by atoms with E-state index in [9.17, 15) is 14.4 Å². The molecule has 3 heterocycles. The Morgan fingerprint density at radius 2 is 1.96 bits per heavy atom. The van der Waals surface area contributed by atoms with Crippen LogP contribution in [-0.4, -0.2) is 61.8 Å². The number of nitrogens with one attached hydrogen (secondary N) is 1. The zero-order chi connectivity index (χ0) is 18.9. The fourth-order valence-corrected chi connectivity index (χ4v) is 3.85. The largest absolute Gasteiger partial charge is 0.481 e. The molecule has 1 aromatic rings. The van der Waals surface area contributed by atoms with E-state index in [-0.39, 0.29) is 24.7 Å². The second-order valence-corrected chi connectivity index (χ2v) is 8.01. The van der Waals surface area contributed by atoms with Crippen LogP contribution < -0.4 is 0 Å². The first-order chi connectivity index (χ1) is 12.3. The Hall–Kier alpha value is -2.38. The molecule has 1 fully saturated rings. The van der Waals surface area contributed by atoms with Gasteiger partial charge in [0, 0.05) is 25.9 Å². The minimum Gasteiger partial charge on any atom is -0.481 e. The third-order valence-corrected chi connectivity index (χ3v) is 5.18. The predicted octanol–water partition coefficient (Wildman–Crippen LogP) is 1.18. The summed E-state index contributed by atoms with van der Waals surface area (Å²) >= 11 is 0. The van der Waals surface area contributed by atoms with Crippen LogP contribution in [0.5, 0.6) is 0 Å². The van der Waals surface area contributed by atoms with Gasteiger partial charge in [0.25, 0.3) is 0 Å². The zero-order valence-corrected chi connectivity index (χ0v) is 15.3. The van der Waals surface area contributed by atoms with Crippen LogP contribution in [0.15, 0.2) is 6.33 Å². The molecule has 2 aliphatic rings. The summed E-state index contributed by atoms with van der Waals surface area (Å²) in [5.74, 6) is -1.14. The lowest BCUT2D eigenvalue weighted by Crippen LogP contribution is -2.53. The van der Waals surface area contributed by atoms with Crippen molar-refractivity contribution in [2.75, 3.05) is 13.1 Å². The lowest BCUT2D eigenvalue weighted by Gasteiger charge is -2.37. The number of amides is 2. The van der Waals surface area contributed by atoms with E-state index in [1.165, 1.54) is 0 Å². The first-order valence-electron chi connectivity index (χ1n) is 9.08. The van der Waals surface area contributed by atoms with E-state index in [4.69, 9.17) is 5.11 Å². The van der Waals surface area contributed by atoms with Crippen molar-refractivity contribution < 1.29 is 19.5 Å². The molecule has 0 aromatic carbocycles. The molecule has 0 unspecified atom stereocenters. The van der Waals surface area contributed by atoms with Crippen molar-refractivity contribution in [1.29, 1.82) is 0 Å². The Morgan fingerprint density at radius 3 is 2.62 bits per heavy atom. The molecule has 142 valence electrons. The normalized spacial score (nSPS) is 20.2. The first kappa shape index (κ1) is 18.4. The standard InChI is InChI=1S/C18H26N4O4/c1-18(2,9-16(24)25)8-15(23)22-10-13-12(19-11-20-13)7-14(22)17(26)21-5-3-4-6-21/h11,14H,3-10H2,1-2H3,(H,19,20)(H,24,25)/t14-/m0/s1. The number of aliphatic carboxylic acids is 1. The number of likely N-dealkylation sites (tertiary alicyclic amines) is 1. The van der Waals surface area contributed by atoms with Gasteiger partial charge in [-0.3, -0.25) is 14.4 Å². The van der Waals surface area contributed by atoms with E-state index in [2.05, 4.69) is 9.97 Å². The van der Waals surface area contributed by atoms with Gasteiger partial charge < -0.3 is 19.9 Å². The number of hydrogen-bond donors (Lipinski definition) is 2. The van der Waals surface area contributed by atoms with Gasteiger partial charge in [0.1, 0.15) is 6.04 Å². The molecule has 0 spiro atoms. The molecule has 0 radical (unpaired) electrons. The molecular formula is C18H26N4O4. The molecule has 3 rings (SSSR count). The smallest absolute Gasteiger partial charge is 0.303 e. The molecule has 0 aliphatic carbocycles. The summed E-state index contributed by atoms with van der Waals surface area (Å²) in [5.41, 5.74) is 1.01. The lowest BCUT2D eigenvalue weighted by molar-refractivity contribution is -0.149. The van der Waals surface area contributed by atoms with E-state index in [0.717, 1.165) is 37.3 Å². The summed E-state index contributed by atoms with van der Waals surface area (Å²) in [4.78, 5) is 47.8. The number of rotatable bonds is 5. The number of fused-ring (bicyclic) bond motifs is 1. The molecule has 2 amide bonds. The van der Waals surface area contributed by atoms with Gasteiger partial charge >= 0.3 is 5.97 Å². The summed E-state index contributed by atoms with van der Waals surface area (Å²) in [6.07, 6.45) is 3.97. The van der Waals surface area contributed by atoms with Gasteiger partial charge in [-0.25, -0.2) is 4.98 Å². The number of nitrogens with zero attached hydrogens (tertiary/aromatic N) is 3. The van der Waals surface area contributed by atoms with Crippen LogP contribution in [0.3, 0.4) is 0 Å². The summed E-state index contributed by atoms with van der Waals surface area (Å²) in [6, 6.07) is -0.558. The highest BCUT2D eigenvalue weighted by Gasteiger charge is 2.40. The van der Waals surface area contributed by atoms with E-state index >= 15 is 0 Å². The maximum atomic E-state index is 13.0. The van der Waals surface area contributed by atoms with Crippen molar-refractivity contribution in [3.05, 3.63) is 17.7 Å². The maximum absolute atomic E-state index is 13.0. The van der Waals surface area contributed by atoms with Crippen molar-refractivity contribution in [2.24, 2.45) is 5.41 Å². The molecule has 26 heavy (non-hydrogen) atoms. The fourth-order valence-electron chi connectivity index (χ4n) is 3.85. The van der Waals surface area contributed by atoms with Crippen LogP contribution in [0, 0.1) is 5.41 Å². The van der Waals surface area contributed by atoms with Crippen molar-refractivity contribution in [2.45, 2.75) is 58.5 Å². The number of aromatic nitrogens is 2. The monoisotopic (exact) mass is 362 g/mol. The van der Waals surface area contributed by atoms with Crippen molar-refractivity contribution in [3.8, 4) is 0 Å². The minimum atomic E-state index is -0.929. The maximum Gasteiger partial charge on any atom is 0.303 e. The quantitative estimate of drug-likeness (QED) is 0.818. The Labute approximate surface area is 152 Å². The highest BCUT2D eigenvalue weighted by molar-refractivity contribution is 5.89. The van der Waals surface area contributed by atoms with Gasteiger partial charge in [-0.1, -0.05) is 13.8 Å². The number of aromatic amines is 1. The number of imidazole rings is 1.